The van der Waals surface area contributed by atoms with E-state index in [4.69, 9.17) is 4.74 Å². The van der Waals surface area contributed by atoms with Gasteiger partial charge in [0.25, 0.3) is 0 Å². The molecule has 0 unspecified atom stereocenters. The van der Waals surface area contributed by atoms with Gasteiger partial charge in [-0.1, -0.05) is 75.6 Å². The molecule has 0 spiro atoms. The van der Waals surface area contributed by atoms with Crippen LogP contribution in [0, 0.1) is 0 Å². The number of carbonyl (C=O) groups excluding carboxylic acids is 1. The lowest BCUT2D eigenvalue weighted by Crippen LogP contribution is -2.05. The van der Waals surface area contributed by atoms with Gasteiger partial charge in [0.2, 0.25) is 0 Å². The van der Waals surface area contributed by atoms with Crippen LogP contribution < -0.4 is 0 Å². The molecule has 0 heterocycles. The van der Waals surface area contributed by atoms with Crippen molar-refractivity contribution in [3.05, 3.63) is 48.6 Å². The minimum absolute atomic E-state index is 0.269. The first-order chi connectivity index (χ1) is 11.7. The number of allylic oxidation sites excluding steroid dienone is 6. The minimum atomic E-state index is -0.269. The first-order valence-electron chi connectivity index (χ1n) is 9.46. The molecule has 0 atom stereocenters. The van der Waals surface area contributed by atoms with Gasteiger partial charge in [-0.25, -0.2) is 4.79 Å². The molecule has 0 radical (unpaired) electrons. The summed E-state index contributed by atoms with van der Waals surface area (Å²) >= 11 is 0. The van der Waals surface area contributed by atoms with Gasteiger partial charge in [0, 0.05) is 5.57 Å². The number of hydrogen-bond acceptors (Lipinski definition) is 2. The number of rotatable bonds is 15. The van der Waals surface area contributed by atoms with Crippen LogP contribution in [0.3, 0.4) is 0 Å². The SMILES string of the molecule is C=C(C)C(=O)OCCCCCCCC/C=C\C/C=C\C/C=C\CC. The molecule has 0 amide bonds. The number of esters is 1. The number of ether oxygens (including phenoxy) is 1. The zero-order valence-electron chi connectivity index (χ0n) is 15.8. The van der Waals surface area contributed by atoms with Crippen molar-refractivity contribution >= 4 is 5.97 Å². The van der Waals surface area contributed by atoms with Crippen LogP contribution in [-0.2, 0) is 9.53 Å². The zero-order valence-corrected chi connectivity index (χ0v) is 15.8. The topological polar surface area (TPSA) is 26.3 Å². The van der Waals surface area contributed by atoms with E-state index in [0.717, 1.165) is 32.1 Å². The molecule has 0 aromatic carbocycles. The Hall–Kier alpha value is -1.57. The molecule has 0 bridgehead atoms. The van der Waals surface area contributed by atoms with E-state index in [1.54, 1.807) is 6.92 Å². The summed E-state index contributed by atoms with van der Waals surface area (Å²) in [5.74, 6) is -0.269. The number of unbranched alkanes of at least 4 members (excludes halogenated alkanes) is 6. The molecule has 136 valence electrons. The van der Waals surface area contributed by atoms with Crippen LogP contribution >= 0.6 is 0 Å². The molecule has 2 heteroatoms. The van der Waals surface area contributed by atoms with Crippen LogP contribution in [0.5, 0.6) is 0 Å². The lowest BCUT2D eigenvalue weighted by atomic mass is 10.1. The predicted octanol–water partition coefficient (Wildman–Crippen LogP) is 6.70. The molecule has 0 aromatic heterocycles. The number of hydrogen-bond donors (Lipinski definition) is 0. The third kappa shape index (κ3) is 16.8. The molecule has 2 nitrogen and oxygen atoms in total. The molecule has 0 N–H and O–H groups in total. The Morgan fingerprint density at radius 1 is 0.833 bits per heavy atom. The molecule has 0 aliphatic rings. The quantitative estimate of drug-likeness (QED) is 0.144. The Kier molecular flexibility index (Phi) is 16.6. The average molecular weight is 333 g/mol. The lowest BCUT2D eigenvalue weighted by molar-refractivity contribution is -0.139. The van der Waals surface area contributed by atoms with Crippen LogP contribution in [0.15, 0.2) is 48.6 Å². The standard InChI is InChI=1S/C22H36O2/c1-4-5-6-7-8-9-10-11-12-13-14-15-16-17-18-19-20-24-22(23)21(2)3/h5-6,8-9,11-12H,2,4,7,10,13-20H2,1,3H3/b6-5-,9-8-,12-11-. The summed E-state index contributed by atoms with van der Waals surface area (Å²) in [5.41, 5.74) is 0.479. The molecule has 0 fully saturated rings. The van der Waals surface area contributed by atoms with Crippen molar-refractivity contribution in [2.75, 3.05) is 6.61 Å². The van der Waals surface area contributed by atoms with E-state index in [2.05, 4.69) is 50.0 Å². The van der Waals surface area contributed by atoms with Gasteiger partial charge in [-0.3, -0.25) is 0 Å². The van der Waals surface area contributed by atoms with Crippen molar-refractivity contribution < 1.29 is 9.53 Å². The Balaban J connectivity index is 3.27. The van der Waals surface area contributed by atoms with E-state index >= 15 is 0 Å². The van der Waals surface area contributed by atoms with Crippen molar-refractivity contribution in [1.29, 1.82) is 0 Å². The molecule has 0 aliphatic carbocycles. The van der Waals surface area contributed by atoms with Gasteiger partial charge in [0.1, 0.15) is 0 Å². The van der Waals surface area contributed by atoms with Gasteiger partial charge in [0.05, 0.1) is 6.61 Å². The first-order valence-corrected chi connectivity index (χ1v) is 9.46. The zero-order chi connectivity index (χ0) is 17.9. The van der Waals surface area contributed by atoms with E-state index in [0.29, 0.717) is 12.2 Å². The van der Waals surface area contributed by atoms with Crippen LogP contribution in [0.2, 0.25) is 0 Å². The molecule has 0 aromatic rings. The summed E-state index contributed by atoms with van der Waals surface area (Å²) in [6.07, 6.45) is 25.0. The predicted molar refractivity (Wildman–Crippen MR) is 105 cm³/mol. The van der Waals surface area contributed by atoms with Gasteiger partial charge < -0.3 is 4.74 Å². The van der Waals surface area contributed by atoms with E-state index in [1.165, 1.54) is 32.1 Å². The van der Waals surface area contributed by atoms with Gasteiger partial charge >= 0.3 is 5.97 Å². The van der Waals surface area contributed by atoms with Crippen LogP contribution in [0.4, 0.5) is 0 Å². The fraction of sp³-hybridized carbons (Fsp3) is 0.591. The Morgan fingerprint density at radius 3 is 2.00 bits per heavy atom. The second kappa shape index (κ2) is 17.8. The molecule has 0 saturated heterocycles. The highest BCUT2D eigenvalue weighted by atomic mass is 16.5. The van der Waals surface area contributed by atoms with Crippen molar-refractivity contribution in [2.45, 2.75) is 78.1 Å². The third-order valence-electron chi connectivity index (χ3n) is 3.63. The largest absolute Gasteiger partial charge is 0.462 e. The highest BCUT2D eigenvalue weighted by Gasteiger charge is 2.01. The molecular formula is C22H36O2. The highest BCUT2D eigenvalue weighted by molar-refractivity contribution is 5.86. The summed E-state index contributed by atoms with van der Waals surface area (Å²) in [7, 11) is 0. The first kappa shape index (κ1) is 22.4. The van der Waals surface area contributed by atoms with Crippen molar-refractivity contribution in [3.8, 4) is 0 Å². The second-order valence-corrected chi connectivity index (χ2v) is 6.12. The maximum atomic E-state index is 11.2. The summed E-state index contributed by atoms with van der Waals surface area (Å²) in [4.78, 5) is 11.2. The van der Waals surface area contributed by atoms with Gasteiger partial charge in [-0.15, -0.1) is 0 Å². The van der Waals surface area contributed by atoms with Gasteiger partial charge in [0.15, 0.2) is 0 Å². The Morgan fingerprint density at radius 2 is 1.38 bits per heavy atom. The van der Waals surface area contributed by atoms with Crippen molar-refractivity contribution in [3.63, 3.8) is 0 Å². The molecule has 24 heavy (non-hydrogen) atoms. The lowest BCUT2D eigenvalue weighted by Gasteiger charge is -2.04. The van der Waals surface area contributed by atoms with Gasteiger partial charge in [-0.2, -0.15) is 0 Å². The van der Waals surface area contributed by atoms with Crippen molar-refractivity contribution in [2.24, 2.45) is 0 Å². The number of carbonyl (C=O) groups is 1. The maximum absolute atomic E-state index is 11.2. The Labute approximate surface area is 149 Å². The van der Waals surface area contributed by atoms with Gasteiger partial charge in [-0.05, 0) is 45.4 Å². The summed E-state index contributed by atoms with van der Waals surface area (Å²) in [6, 6.07) is 0. The third-order valence-corrected chi connectivity index (χ3v) is 3.63. The fourth-order valence-corrected chi connectivity index (χ4v) is 2.19. The molecule has 0 rings (SSSR count). The Bertz CT molecular complexity index is 402. The monoisotopic (exact) mass is 332 g/mol. The van der Waals surface area contributed by atoms with Crippen LogP contribution in [0.25, 0.3) is 0 Å². The summed E-state index contributed by atoms with van der Waals surface area (Å²) < 4.78 is 5.07. The van der Waals surface area contributed by atoms with Crippen LogP contribution in [0.1, 0.15) is 78.1 Å². The minimum Gasteiger partial charge on any atom is -0.462 e. The maximum Gasteiger partial charge on any atom is 0.333 e. The molecule has 0 aliphatic heterocycles. The van der Waals surface area contributed by atoms with E-state index in [-0.39, 0.29) is 5.97 Å². The van der Waals surface area contributed by atoms with Crippen LogP contribution in [-0.4, -0.2) is 12.6 Å². The summed E-state index contributed by atoms with van der Waals surface area (Å²) in [6.45, 7) is 7.92. The van der Waals surface area contributed by atoms with E-state index in [1.807, 2.05) is 0 Å². The average Bonchev–Trinajstić information content (AvgIpc) is 2.57. The normalized spacial score (nSPS) is 11.8. The molecule has 0 saturated carbocycles. The van der Waals surface area contributed by atoms with Crippen molar-refractivity contribution in [1.82, 2.24) is 0 Å². The fourth-order valence-electron chi connectivity index (χ4n) is 2.19. The van der Waals surface area contributed by atoms with E-state index < -0.39 is 0 Å². The summed E-state index contributed by atoms with van der Waals surface area (Å²) in [5, 5.41) is 0. The smallest absolute Gasteiger partial charge is 0.333 e. The van der Waals surface area contributed by atoms with E-state index in [9.17, 15) is 4.79 Å². The highest BCUT2D eigenvalue weighted by Crippen LogP contribution is 2.08. The molecular weight excluding hydrogens is 296 g/mol. The second-order valence-electron chi connectivity index (χ2n) is 6.12.